The lowest BCUT2D eigenvalue weighted by Crippen LogP contribution is -3.13. The maximum absolute atomic E-state index is 12.5. The number of sulfonamides is 1. The molecule has 0 atom stereocenters. The van der Waals surface area contributed by atoms with Crippen LogP contribution in [0, 0.1) is 0 Å². The van der Waals surface area contributed by atoms with Crippen LogP contribution in [-0.4, -0.2) is 45.7 Å². The summed E-state index contributed by atoms with van der Waals surface area (Å²) in [6.45, 7) is 3.87. The van der Waals surface area contributed by atoms with E-state index in [0.717, 1.165) is 31.1 Å². The van der Waals surface area contributed by atoms with E-state index in [1.807, 2.05) is 12.1 Å². The highest BCUT2D eigenvalue weighted by Gasteiger charge is 2.31. The number of fused-ring (bicyclic) bond motifs is 1. The average Bonchev–Trinajstić information content (AvgIpc) is 3.27. The first-order valence-electron chi connectivity index (χ1n) is 7.89. The number of quaternary nitrogens is 1. The molecule has 0 radical (unpaired) electrons. The van der Waals surface area contributed by atoms with Crippen molar-refractivity contribution in [2.75, 3.05) is 33.0 Å². The van der Waals surface area contributed by atoms with Crippen molar-refractivity contribution in [1.82, 2.24) is 4.31 Å². The molecule has 1 aromatic carbocycles. The lowest BCUT2D eigenvalue weighted by molar-refractivity contribution is -0.917. The summed E-state index contributed by atoms with van der Waals surface area (Å²) in [5.74, 6) is 1.59. The molecule has 2 aliphatic heterocycles. The Hall–Kier alpha value is -1.61. The van der Waals surface area contributed by atoms with E-state index in [0.29, 0.717) is 17.3 Å². The molecule has 2 aromatic rings. The van der Waals surface area contributed by atoms with Gasteiger partial charge in [0, 0.05) is 5.56 Å². The number of piperazine rings is 1. The zero-order valence-corrected chi connectivity index (χ0v) is 14.7. The summed E-state index contributed by atoms with van der Waals surface area (Å²) in [7, 11) is -3.32. The van der Waals surface area contributed by atoms with Crippen molar-refractivity contribution in [2.24, 2.45) is 0 Å². The molecule has 6 nitrogen and oxygen atoms in total. The first-order chi connectivity index (χ1) is 11.6. The van der Waals surface area contributed by atoms with E-state index in [2.05, 4.69) is 6.07 Å². The molecule has 4 rings (SSSR count). The zero-order chi connectivity index (χ0) is 16.6. The smallest absolute Gasteiger partial charge is 0.252 e. The van der Waals surface area contributed by atoms with Crippen LogP contribution in [0.3, 0.4) is 0 Å². The molecule has 0 saturated carbocycles. The van der Waals surface area contributed by atoms with E-state index < -0.39 is 10.0 Å². The van der Waals surface area contributed by atoms with Gasteiger partial charge in [0.05, 0.1) is 26.2 Å². The molecule has 0 aliphatic carbocycles. The van der Waals surface area contributed by atoms with Crippen LogP contribution in [0.15, 0.2) is 39.9 Å². The molecular formula is C16H19N2O4S2+. The Balaban J connectivity index is 1.38. The second-order valence-corrected chi connectivity index (χ2v) is 9.06. The van der Waals surface area contributed by atoms with Gasteiger partial charge in [0.2, 0.25) is 6.79 Å². The predicted octanol–water partition coefficient (Wildman–Crippen LogP) is 0.566. The number of hydrogen-bond acceptors (Lipinski definition) is 5. The molecule has 0 unspecified atom stereocenters. The van der Waals surface area contributed by atoms with Crippen LogP contribution in [0.5, 0.6) is 11.5 Å². The maximum Gasteiger partial charge on any atom is 0.252 e. The Bertz CT molecular complexity index is 813. The topological polar surface area (TPSA) is 60.3 Å². The summed E-state index contributed by atoms with van der Waals surface area (Å²) in [5, 5.41) is 1.80. The van der Waals surface area contributed by atoms with Gasteiger partial charge >= 0.3 is 0 Å². The fourth-order valence-electron chi connectivity index (χ4n) is 3.10. The largest absolute Gasteiger partial charge is 0.454 e. The van der Waals surface area contributed by atoms with E-state index in [4.69, 9.17) is 9.47 Å². The van der Waals surface area contributed by atoms with Crippen LogP contribution in [0.4, 0.5) is 0 Å². The number of ether oxygens (including phenoxy) is 2. The molecule has 0 amide bonds. The van der Waals surface area contributed by atoms with Crippen molar-refractivity contribution >= 4 is 21.4 Å². The van der Waals surface area contributed by atoms with Gasteiger partial charge in [-0.2, -0.15) is 4.31 Å². The summed E-state index contributed by atoms with van der Waals surface area (Å²) >= 11 is 1.28. The van der Waals surface area contributed by atoms with Crippen molar-refractivity contribution in [2.45, 2.75) is 10.8 Å². The summed E-state index contributed by atoms with van der Waals surface area (Å²) < 4.78 is 37.8. The van der Waals surface area contributed by atoms with E-state index in [1.165, 1.54) is 21.8 Å². The minimum atomic E-state index is -3.32. The minimum Gasteiger partial charge on any atom is -0.454 e. The second-order valence-electron chi connectivity index (χ2n) is 5.95. The van der Waals surface area contributed by atoms with E-state index in [9.17, 15) is 8.42 Å². The molecular weight excluding hydrogens is 348 g/mol. The van der Waals surface area contributed by atoms with Gasteiger partial charge in [-0.25, -0.2) is 8.42 Å². The second kappa shape index (κ2) is 6.36. The first-order valence-corrected chi connectivity index (χ1v) is 10.2. The third kappa shape index (κ3) is 3.02. The fraction of sp³-hybridized carbons (Fsp3) is 0.375. The van der Waals surface area contributed by atoms with Gasteiger partial charge < -0.3 is 14.4 Å². The van der Waals surface area contributed by atoms with Crippen LogP contribution >= 0.6 is 11.3 Å². The standard InChI is InChI=1S/C16H18N2O4S2/c19-24(20,16-2-1-9-23-16)18-7-5-17(6-8-18)11-13-3-4-14-15(10-13)22-12-21-14/h1-4,9-10H,5-8,11-12H2/p+1. The molecule has 2 aliphatic rings. The maximum atomic E-state index is 12.5. The Morgan fingerprint density at radius 2 is 1.92 bits per heavy atom. The van der Waals surface area contributed by atoms with Gasteiger partial charge in [-0.1, -0.05) is 6.07 Å². The summed E-state index contributed by atoms with van der Waals surface area (Å²) in [6.07, 6.45) is 0. The molecule has 1 fully saturated rings. The van der Waals surface area contributed by atoms with Crippen LogP contribution in [0.1, 0.15) is 5.56 Å². The van der Waals surface area contributed by atoms with Gasteiger partial charge in [-0.15, -0.1) is 11.3 Å². The van der Waals surface area contributed by atoms with Crippen molar-refractivity contribution in [3.8, 4) is 11.5 Å². The molecule has 1 aromatic heterocycles. The van der Waals surface area contributed by atoms with Gasteiger partial charge in [-0.3, -0.25) is 0 Å². The number of benzene rings is 1. The van der Waals surface area contributed by atoms with E-state index >= 15 is 0 Å². The average molecular weight is 367 g/mol. The number of nitrogens with zero attached hydrogens (tertiary/aromatic N) is 1. The Labute approximate surface area is 145 Å². The third-order valence-electron chi connectivity index (χ3n) is 4.41. The normalized spacial score (nSPS) is 18.8. The molecule has 24 heavy (non-hydrogen) atoms. The number of thiophene rings is 1. The van der Waals surface area contributed by atoms with Crippen molar-refractivity contribution in [1.29, 1.82) is 0 Å². The zero-order valence-electron chi connectivity index (χ0n) is 13.1. The Morgan fingerprint density at radius 1 is 1.12 bits per heavy atom. The lowest BCUT2D eigenvalue weighted by atomic mass is 10.2. The number of hydrogen-bond donors (Lipinski definition) is 1. The van der Waals surface area contributed by atoms with Crippen LogP contribution in [0.25, 0.3) is 0 Å². The highest BCUT2D eigenvalue weighted by Crippen LogP contribution is 2.32. The Kier molecular flexibility index (Phi) is 4.21. The van der Waals surface area contributed by atoms with Crippen LogP contribution < -0.4 is 14.4 Å². The van der Waals surface area contributed by atoms with Gasteiger partial charge in [0.15, 0.2) is 11.5 Å². The van der Waals surface area contributed by atoms with E-state index in [-0.39, 0.29) is 6.79 Å². The fourth-order valence-corrected chi connectivity index (χ4v) is 5.68. The molecule has 0 spiro atoms. The van der Waals surface area contributed by atoms with Crippen molar-refractivity contribution in [3.05, 3.63) is 41.3 Å². The first kappa shape index (κ1) is 15.9. The minimum absolute atomic E-state index is 0.283. The van der Waals surface area contributed by atoms with Crippen molar-refractivity contribution in [3.63, 3.8) is 0 Å². The monoisotopic (exact) mass is 367 g/mol. The number of rotatable bonds is 4. The SMILES string of the molecule is O=S(=O)(c1cccs1)N1CC[NH+](Cc2ccc3c(c2)OCO3)CC1. The Morgan fingerprint density at radius 3 is 2.67 bits per heavy atom. The molecule has 1 N–H and O–H groups in total. The van der Waals surface area contributed by atoms with Crippen molar-refractivity contribution < 1.29 is 22.8 Å². The summed E-state index contributed by atoms with van der Waals surface area (Å²) in [4.78, 5) is 1.38. The highest BCUT2D eigenvalue weighted by molar-refractivity contribution is 7.91. The highest BCUT2D eigenvalue weighted by atomic mass is 32.2. The molecule has 128 valence electrons. The molecule has 0 bridgehead atoms. The lowest BCUT2D eigenvalue weighted by Gasteiger charge is -2.31. The molecule has 8 heteroatoms. The van der Waals surface area contributed by atoms with Gasteiger partial charge in [-0.05, 0) is 29.6 Å². The predicted molar refractivity (Wildman–Crippen MR) is 90.0 cm³/mol. The van der Waals surface area contributed by atoms with Gasteiger partial charge in [0.1, 0.15) is 10.8 Å². The van der Waals surface area contributed by atoms with E-state index in [1.54, 1.807) is 21.8 Å². The third-order valence-corrected chi connectivity index (χ3v) is 7.68. The molecule has 3 heterocycles. The van der Waals surface area contributed by atoms with Gasteiger partial charge in [0.25, 0.3) is 10.0 Å². The molecule has 1 saturated heterocycles. The van der Waals surface area contributed by atoms with Crippen LogP contribution in [0.2, 0.25) is 0 Å². The summed E-state index contributed by atoms with van der Waals surface area (Å²) in [6, 6.07) is 9.46. The number of nitrogens with one attached hydrogen (secondary N) is 1. The quantitative estimate of drug-likeness (QED) is 0.858. The van der Waals surface area contributed by atoms with Crippen LogP contribution in [-0.2, 0) is 16.6 Å². The summed E-state index contributed by atoms with van der Waals surface area (Å²) in [5.41, 5.74) is 1.18.